The van der Waals surface area contributed by atoms with Gasteiger partial charge in [0.15, 0.2) is 0 Å². The molecule has 26 heavy (non-hydrogen) atoms. The molecule has 3 aliphatic carbocycles. The van der Waals surface area contributed by atoms with E-state index in [-0.39, 0.29) is 11.9 Å². The fourth-order valence-electron chi connectivity index (χ4n) is 4.47. The first-order valence-corrected chi connectivity index (χ1v) is 11.0. The Labute approximate surface area is 160 Å². The number of rotatable bonds is 5. The van der Waals surface area contributed by atoms with Gasteiger partial charge in [-0.2, -0.15) is 0 Å². The van der Waals surface area contributed by atoms with Crippen molar-refractivity contribution in [2.24, 2.45) is 11.7 Å². The van der Waals surface area contributed by atoms with Crippen LogP contribution in [0.15, 0.2) is 33.9 Å². The van der Waals surface area contributed by atoms with Crippen LogP contribution in [-0.2, 0) is 4.79 Å². The highest BCUT2D eigenvalue weighted by molar-refractivity contribution is 8.04. The molecule has 2 unspecified atom stereocenters. The van der Waals surface area contributed by atoms with Gasteiger partial charge in [-0.3, -0.25) is 4.79 Å². The molecule has 4 rings (SSSR count). The van der Waals surface area contributed by atoms with E-state index < -0.39 is 0 Å². The van der Waals surface area contributed by atoms with Crippen molar-refractivity contribution in [2.45, 2.75) is 69.9 Å². The summed E-state index contributed by atoms with van der Waals surface area (Å²) < 4.78 is 0. The molecule has 0 saturated heterocycles. The van der Waals surface area contributed by atoms with Crippen LogP contribution in [0.25, 0.3) is 0 Å². The second kappa shape index (κ2) is 7.63. The second-order valence-corrected chi connectivity index (χ2v) is 9.07. The molecule has 1 heterocycles. The highest BCUT2D eigenvalue weighted by atomic mass is 32.2. The molecule has 1 amide bonds. The minimum atomic E-state index is 0.202. The van der Waals surface area contributed by atoms with Crippen molar-refractivity contribution < 1.29 is 4.79 Å². The Bertz CT molecular complexity index is 689. The summed E-state index contributed by atoms with van der Waals surface area (Å²) in [6, 6.07) is 0.599. The van der Waals surface area contributed by atoms with Crippen LogP contribution < -0.4 is 5.73 Å². The van der Waals surface area contributed by atoms with Gasteiger partial charge in [0.25, 0.3) is 5.91 Å². The fraction of sp³-hybridized carbons (Fsp3) is 0.619. The second-order valence-electron chi connectivity index (χ2n) is 8.01. The van der Waals surface area contributed by atoms with Crippen LogP contribution in [0.5, 0.6) is 0 Å². The van der Waals surface area contributed by atoms with Crippen LogP contribution >= 0.6 is 11.8 Å². The monoisotopic (exact) mass is 371 g/mol. The van der Waals surface area contributed by atoms with E-state index in [0.717, 1.165) is 54.0 Å². The molecule has 0 aromatic carbocycles. The van der Waals surface area contributed by atoms with E-state index in [1.54, 1.807) is 17.3 Å². The molecule has 1 aliphatic heterocycles. The minimum Gasteiger partial charge on any atom is -0.402 e. The molecule has 140 valence electrons. The van der Waals surface area contributed by atoms with Gasteiger partial charge in [0.2, 0.25) is 0 Å². The first-order chi connectivity index (χ1) is 12.7. The van der Waals surface area contributed by atoms with E-state index in [4.69, 9.17) is 11.1 Å². The van der Waals surface area contributed by atoms with Crippen LogP contribution in [0.3, 0.4) is 0 Å². The van der Waals surface area contributed by atoms with Crippen molar-refractivity contribution in [3.05, 3.63) is 33.9 Å². The van der Waals surface area contributed by atoms with Gasteiger partial charge in [-0.1, -0.05) is 17.7 Å². The molecule has 0 aromatic heterocycles. The predicted octanol–water partition coefficient (Wildman–Crippen LogP) is 4.14. The molecule has 2 atom stereocenters. The topological polar surface area (TPSA) is 70.2 Å². The Kier molecular flexibility index (Phi) is 5.25. The van der Waals surface area contributed by atoms with Crippen LogP contribution in [0.2, 0.25) is 0 Å². The highest BCUT2D eigenvalue weighted by Crippen LogP contribution is 2.41. The smallest absolute Gasteiger partial charge is 0.260 e. The zero-order valence-corrected chi connectivity index (χ0v) is 16.2. The normalized spacial score (nSPS) is 29.2. The van der Waals surface area contributed by atoms with E-state index in [1.165, 1.54) is 31.9 Å². The lowest BCUT2D eigenvalue weighted by atomic mass is 9.89. The SMILES string of the molecule is N=CC1=C(N)CCC(N(C(=O)C2=CC(C3=CCCCC3)CS2)C2CC2)C1. The summed E-state index contributed by atoms with van der Waals surface area (Å²) in [5.74, 6) is 1.71. The maximum Gasteiger partial charge on any atom is 0.260 e. The summed E-state index contributed by atoms with van der Waals surface area (Å²) in [6.45, 7) is 0. The van der Waals surface area contributed by atoms with Gasteiger partial charge >= 0.3 is 0 Å². The van der Waals surface area contributed by atoms with Gasteiger partial charge < -0.3 is 16.0 Å². The van der Waals surface area contributed by atoms with Gasteiger partial charge in [0.05, 0.1) is 4.91 Å². The lowest BCUT2D eigenvalue weighted by Crippen LogP contribution is -2.44. The number of hydrogen-bond acceptors (Lipinski definition) is 4. The van der Waals surface area contributed by atoms with Gasteiger partial charge in [-0.05, 0) is 63.4 Å². The molecule has 0 aromatic rings. The molecule has 0 radical (unpaired) electrons. The van der Waals surface area contributed by atoms with Crippen molar-refractivity contribution >= 4 is 23.9 Å². The maximum absolute atomic E-state index is 13.3. The Hall–Kier alpha value is -1.49. The third kappa shape index (κ3) is 3.64. The van der Waals surface area contributed by atoms with Gasteiger partial charge in [0, 0.05) is 35.7 Å². The lowest BCUT2D eigenvalue weighted by Gasteiger charge is -2.35. The van der Waals surface area contributed by atoms with E-state index >= 15 is 0 Å². The number of nitrogens with one attached hydrogen (secondary N) is 1. The molecule has 5 heteroatoms. The van der Waals surface area contributed by atoms with E-state index in [2.05, 4.69) is 17.1 Å². The molecular formula is C21H29N3OS. The fourth-order valence-corrected chi connectivity index (χ4v) is 5.63. The summed E-state index contributed by atoms with van der Waals surface area (Å²) in [5.41, 5.74) is 9.34. The highest BCUT2D eigenvalue weighted by Gasteiger charge is 2.40. The van der Waals surface area contributed by atoms with Crippen molar-refractivity contribution in [2.75, 3.05) is 5.75 Å². The summed E-state index contributed by atoms with van der Waals surface area (Å²) in [5, 5.41) is 7.61. The number of carbonyl (C=O) groups excluding carboxylic acids is 1. The molecular weight excluding hydrogens is 342 g/mol. The van der Waals surface area contributed by atoms with E-state index in [9.17, 15) is 4.79 Å². The van der Waals surface area contributed by atoms with Crippen LogP contribution in [0.1, 0.15) is 57.8 Å². The number of nitrogens with zero attached hydrogens (tertiary/aromatic N) is 1. The average Bonchev–Trinajstić information content (AvgIpc) is 3.38. The molecule has 1 fully saturated rings. The number of hydrogen-bond donors (Lipinski definition) is 2. The molecule has 0 bridgehead atoms. The van der Waals surface area contributed by atoms with Crippen molar-refractivity contribution in [3.63, 3.8) is 0 Å². The first kappa shape index (κ1) is 17.9. The lowest BCUT2D eigenvalue weighted by molar-refractivity contribution is -0.129. The third-order valence-electron chi connectivity index (χ3n) is 6.14. The number of nitrogens with two attached hydrogens (primary N) is 1. The first-order valence-electron chi connectivity index (χ1n) is 10.0. The largest absolute Gasteiger partial charge is 0.402 e. The van der Waals surface area contributed by atoms with Crippen molar-refractivity contribution in [3.8, 4) is 0 Å². The zero-order chi connectivity index (χ0) is 18.1. The van der Waals surface area contributed by atoms with E-state index in [0.29, 0.717) is 12.0 Å². The predicted molar refractivity (Wildman–Crippen MR) is 108 cm³/mol. The zero-order valence-electron chi connectivity index (χ0n) is 15.4. The van der Waals surface area contributed by atoms with Crippen LogP contribution in [0, 0.1) is 11.3 Å². The number of thioether (sulfide) groups is 1. The summed E-state index contributed by atoms with van der Waals surface area (Å²) in [7, 11) is 0. The van der Waals surface area contributed by atoms with Crippen molar-refractivity contribution in [1.82, 2.24) is 4.90 Å². The quantitative estimate of drug-likeness (QED) is 0.564. The van der Waals surface area contributed by atoms with E-state index in [1.807, 2.05) is 0 Å². The average molecular weight is 372 g/mol. The van der Waals surface area contributed by atoms with Crippen LogP contribution in [0.4, 0.5) is 0 Å². The number of amides is 1. The molecule has 4 aliphatic rings. The molecule has 3 N–H and O–H groups in total. The van der Waals surface area contributed by atoms with Gasteiger partial charge in [-0.25, -0.2) is 0 Å². The minimum absolute atomic E-state index is 0.202. The van der Waals surface area contributed by atoms with Crippen molar-refractivity contribution in [1.29, 1.82) is 5.41 Å². The Balaban J connectivity index is 1.50. The third-order valence-corrected chi connectivity index (χ3v) is 7.29. The number of carbonyl (C=O) groups is 1. The Morgan fingerprint density at radius 3 is 2.77 bits per heavy atom. The Morgan fingerprint density at radius 2 is 2.08 bits per heavy atom. The van der Waals surface area contributed by atoms with Gasteiger partial charge in [-0.15, -0.1) is 11.8 Å². The molecule has 0 spiro atoms. The standard InChI is InChI=1S/C21H29N3OS/c22-12-15-10-18(8-9-19(15)23)24(17-6-7-17)21(25)20-11-16(13-26-20)14-4-2-1-3-5-14/h4,11-12,16-18,22H,1-3,5-10,13,23H2. The van der Waals surface area contributed by atoms with Crippen LogP contribution in [-0.4, -0.2) is 34.9 Å². The van der Waals surface area contributed by atoms with Gasteiger partial charge in [0.1, 0.15) is 0 Å². The molecule has 1 saturated carbocycles. The summed E-state index contributed by atoms with van der Waals surface area (Å²) in [6.07, 6.45) is 15.7. The molecule has 4 nitrogen and oxygen atoms in total. The summed E-state index contributed by atoms with van der Waals surface area (Å²) in [4.78, 5) is 16.4. The summed E-state index contributed by atoms with van der Waals surface area (Å²) >= 11 is 1.74. The Morgan fingerprint density at radius 1 is 1.23 bits per heavy atom. The number of allylic oxidation sites excluding steroid dienone is 4. The maximum atomic E-state index is 13.3.